The van der Waals surface area contributed by atoms with E-state index >= 15 is 0 Å². The Bertz CT molecular complexity index is 568. The van der Waals surface area contributed by atoms with E-state index in [4.69, 9.17) is 14.6 Å². The van der Waals surface area contributed by atoms with Crippen LogP contribution in [0.4, 0.5) is 5.82 Å². The van der Waals surface area contributed by atoms with Crippen LogP contribution in [0.15, 0.2) is 17.1 Å². The largest absolute Gasteiger partial charge is 0.391 e. The van der Waals surface area contributed by atoms with Gasteiger partial charge in [-0.05, 0) is 18.9 Å². The summed E-state index contributed by atoms with van der Waals surface area (Å²) in [6, 6.07) is 1.54. The summed E-state index contributed by atoms with van der Waals surface area (Å²) in [4.78, 5) is 27.3. The molecule has 8 nitrogen and oxygen atoms in total. The first kappa shape index (κ1) is 13.2. The number of carbonyl (C=O) groups excluding carboxylic acids is 1. The smallest absolute Gasteiger partial charge is 0.351 e. The predicted octanol–water partition coefficient (Wildman–Crippen LogP) is -0.544. The van der Waals surface area contributed by atoms with Gasteiger partial charge in [0.1, 0.15) is 5.82 Å². The highest BCUT2D eigenvalue weighted by atomic mass is 16.7. The third-order valence-electron chi connectivity index (χ3n) is 3.22. The maximum atomic E-state index is 11.9. The van der Waals surface area contributed by atoms with Crippen LogP contribution >= 0.6 is 0 Å². The van der Waals surface area contributed by atoms with Gasteiger partial charge in [-0.1, -0.05) is 0 Å². The number of ether oxygens (including phenoxy) is 2. The molecule has 2 fully saturated rings. The van der Waals surface area contributed by atoms with Crippen molar-refractivity contribution in [2.45, 2.75) is 25.4 Å². The fourth-order valence-electron chi connectivity index (χ4n) is 1.96. The summed E-state index contributed by atoms with van der Waals surface area (Å²) in [7, 11) is 0. The van der Waals surface area contributed by atoms with Gasteiger partial charge in [0.25, 0.3) is 0 Å². The van der Waals surface area contributed by atoms with E-state index in [1.165, 1.54) is 16.8 Å². The molecule has 0 radical (unpaired) electrons. The molecule has 1 saturated carbocycles. The molecule has 0 bridgehead atoms. The van der Waals surface area contributed by atoms with Crippen molar-refractivity contribution in [1.29, 1.82) is 0 Å². The Morgan fingerprint density at radius 3 is 2.95 bits per heavy atom. The number of amides is 1. The Balaban J connectivity index is 1.71. The quantitative estimate of drug-likeness (QED) is 0.768. The number of aliphatic hydroxyl groups is 1. The minimum Gasteiger partial charge on any atom is -0.391 e. The first-order valence-corrected chi connectivity index (χ1v) is 6.45. The Morgan fingerprint density at radius 2 is 2.35 bits per heavy atom. The zero-order valence-corrected chi connectivity index (χ0v) is 10.7. The molecule has 1 amide bonds. The van der Waals surface area contributed by atoms with E-state index in [9.17, 15) is 9.59 Å². The van der Waals surface area contributed by atoms with E-state index in [1.807, 2.05) is 0 Å². The third-order valence-corrected chi connectivity index (χ3v) is 3.22. The van der Waals surface area contributed by atoms with Crippen LogP contribution in [0.1, 0.15) is 19.1 Å². The van der Waals surface area contributed by atoms with E-state index in [0.29, 0.717) is 0 Å². The molecule has 2 aliphatic rings. The zero-order chi connectivity index (χ0) is 14.1. The number of carbonyl (C=O) groups is 1. The molecule has 0 aromatic carbocycles. The maximum Gasteiger partial charge on any atom is 0.351 e. The first-order valence-electron chi connectivity index (χ1n) is 6.45. The van der Waals surface area contributed by atoms with Crippen LogP contribution in [0.25, 0.3) is 0 Å². The van der Waals surface area contributed by atoms with Gasteiger partial charge in [-0.25, -0.2) is 4.79 Å². The molecule has 1 saturated heterocycles. The van der Waals surface area contributed by atoms with E-state index < -0.39 is 18.2 Å². The molecule has 1 aromatic rings. The van der Waals surface area contributed by atoms with Crippen LogP contribution in [-0.2, 0) is 14.3 Å². The summed E-state index contributed by atoms with van der Waals surface area (Å²) in [5.41, 5.74) is -0.536. The van der Waals surface area contributed by atoms with Crippen LogP contribution in [-0.4, -0.2) is 40.1 Å². The number of rotatable bonds is 4. The second kappa shape index (κ2) is 5.31. The predicted molar refractivity (Wildman–Crippen MR) is 66.8 cm³/mol. The highest BCUT2D eigenvalue weighted by molar-refractivity contribution is 5.93. The zero-order valence-electron chi connectivity index (χ0n) is 10.7. The SMILES string of the molecule is O=C(Nc1ccn([C@@H]2CO[C@H](CO)O2)c(=O)n1)C1CC1. The molecule has 1 aliphatic carbocycles. The van der Waals surface area contributed by atoms with Crippen LogP contribution in [0, 0.1) is 5.92 Å². The van der Waals surface area contributed by atoms with E-state index in [0.717, 1.165) is 12.8 Å². The lowest BCUT2D eigenvalue weighted by Gasteiger charge is -2.12. The van der Waals surface area contributed by atoms with Crippen LogP contribution in [0.3, 0.4) is 0 Å². The number of hydrogen-bond donors (Lipinski definition) is 2. The standard InChI is InChI=1S/C12H15N3O5/c16-5-10-19-6-9(20-10)15-4-3-8(14-12(15)18)13-11(17)7-1-2-7/h3-4,7,9-10,16H,1-2,5-6H2,(H,13,14,17,18)/t9-,10-/m0/s1. The monoisotopic (exact) mass is 281 g/mol. The van der Waals surface area contributed by atoms with Crippen molar-refractivity contribution in [3.05, 3.63) is 22.7 Å². The Labute approximate surface area is 114 Å². The number of anilines is 1. The number of aromatic nitrogens is 2. The minimum absolute atomic E-state index is 0.0520. The molecule has 0 unspecified atom stereocenters. The van der Waals surface area contributed by atoms with E-state index in [2.05, 4.69) is 10.3 Å². The number of hydrogen-bond acceptors (Lipinski definition) is 6. The summed E-state index contributed by atoms with van der Waals surface area (Å²) >= 11 is 0. The first-order chi connectivity index (χ1) is 9.67. The van der Waals surface area contributed by atoms with Gasteiger partial charge in [0.05, 0.1) is 13.2 Å². The average Bonchev–Trinajstić information content (AvgIpc) is 3.18. The summed E-state index contributed by atoms with van der Waals surface area (Å²) < 4.78 is 11.7. The second-order valence-electron chi connectivity index (χ2n) is 4.80. The number of nitrogens with one attached hydrogen (secondary N) is 1. The highest BCUT2D eigenvalue weighted by Crippen LogP contribution is 2.29. The fourth-order valence-corrected chi connectivity index (χ4v) is 1.96. The fraction of sp³-hybridized carbons (Fsp3) is 0.583. The van der Waals surface area contributed by atoms with Gasteiger partial charge in [0.15, 0.2) is 12.5 Å². The number of aliphatic hydroxyl groups excluding tert-OH is 1. The van der Waals surface area contributed by atoms with Gasteiger partial charge >= 0.3 is 5.69 Å². The molecule has 2 atom stereocenters. The van der Waals surface area contributed by atoms with E-state index in [1.54, 1.807) is 0 Å². The third kappa shape index (κ3) is 2.72. The summed E-state index contributed by atoms with van der Waals surface area (Å²) in [6.07, 6.45) is 1.93. The van der Waals surface area contributed by atoms with Crippen LogP contribution in [0.5, 0.6) is 0 Å². The molecule has 8 heteroatoms. The maximum absolute atomic E-state index is 11.9. The van der Waals surface area contributed by atoms with Crippen molar-refractivity contribution < 1.29 is 19.4 Å². The normalized spacial score (nSPS) is 25.6. The summed E-state index contributed by atoms with van der Waals surface area (Å²) in [5, 5.41) is 11.5. The topological polar surface area (TPSA) is 103 Å². The van der Waals surface area contributed by atoms with Gasteiger partial charge in [-0.15, -0.1) is 0 Å². The molecule has 2 N–H and O–H groups in total. The van der Waals surface area contributed by atoms with Crippen molar-refractivity contribution in [2.24, 2.45) is 5.92 Å². The van der Waals surface area contributed by atoms with Gasteiger partial charge in [0, 0.05) is 12.1 Å². The lowest BCUT2D eigenvalue weighted by atomic mass is 10.4. The average molecular weight is 281 g/mol. The minimum atomic E-state index is -0.721. The molecule has 108 valence electrons. The molecule has 3 rings (SSSR count). The Kier molecular flexibility index (Phi) is 3.51. The van der Waals surface area contributed by atoms with Gasteiger partial charge in [0.2, 0.25) is 5.91 Å². The molecule has 1 aliphatic heterocycles. The lowest BCUT2D eigenvalue weighted by Crippen LogP contribution is -2.29. The lowest BCUT2D eigenvalue weighted by molar-refractivity contribution is -0.117. The van der Waals surface area contributed by atoms with Gasteiger partial charge in [-0.2, -0.15) is 4.98 Å². The number of nitrogens with zero attached hydrogens (tertiary/aromatic N) is 2. The van der Waals surface area contributed by atoms with Crippen molar-refractivity contribution in [3.8, 4) is 0 Å². The second-order valence-corrected chi connectivity index (χ2v) is 4.80. The van der Waals surface area contributed by atoms with Crippen molar-refractivity contribution in [3.63, 3.8) is 0 Å². The Hall–Kier alpha value is -1.77. The molecule has 0 spiro atoms. The molecule has 2 heterocycles. The molecular formula is C12H15N3O5. The van der Waals surface area contributed by atoms with Crippen molar-refractivity contribution in [1.82, 2.24) is 9.55 Å². The summed E-state index contributed by atoms with van der Waals surface area (Å²) in [5.74, 6) is 0.187. The summed E-state index contributed by atoms with van der Waals surface area (Å²) in [6.45, 7) is -0.102. The molecule has 20 heavy (non-hydrogen) atoms. The highest BCUT2D eigenvalue weighted by Gasteiger charge is 2.30. The van der Waals surface area contributed by atoms with Crippen molar-refractivity contribution >= 4 is 11.7 Å². The molecule has 1 aromatic heterocycles. The van der Waals surface area contributed by atoms with Crippen molar-refractivity contribution in [2.75, 3.05) is 18.5 Å². The Morgan fingerprint density at radius 1 is 1.55 bits per heavy atom. The van der Waals surface area contributed by atoms with Gasteiger partial charge in [-0.3, -0.25) is 9.36 Å². The molecular weight excluding hydrogens is 266 g/mol. The van der Waals surface area contributed by atoms with E-state index in [-0.39, 0.29) is 30.9 Å². The van der Waals surface area contributed by atoms with Crippen LogP contribution < -0.4 is 11.0 Å². The van der Waals surface area contributed by atoms with Crippen LogP contribution in [0.2, 0.25) is 0 Å². The van der Waals surface area contributed by atoms with Gasteiger partial charge < -0.3 is 19.9 Å².